The molecule has 1 aliphatic heterocycles. The molecule has 7 nitrogen and oxygen atoms in total. The van der Waals surface area contributed by atoms with Gasteiger partial charge >= 0.3 is 0 Å². The second-order valence-corrected chi connectivity index (χ2v) is 7.19. The van der Waals surface area contributed by atoms with Crippen molar-refractivity contribution < 1.29 is 18.7 Å². The first-order valence-corrected chi connectivity index (χ1v) is 10.2. The molecule has 1 aromatic heterocycles. The van der Waals surface area contributed by atoms with Crippen molar-refractivity contribution in [2.45, 2.75) is 38.6 Å². The van der Waals surface area contributed by atoms with E-state index in [4.69, 9.17) is 9.47 Å². The Kier molecular flexibility index (Phi) is 8.13. The minimum absolute atomic E-state index is 0.00910. The molecule has 29 heavy (non-hydrogen) atoms. The van der Waals surface area contributed by atoms with Crippen LogP contribution in [0.3, 0.4) is 0 Å². The van der Waals surface area contributed by atoms with Gasteiger partial charge in [0.1, 0.15) is 18.2 Å². The molecule has 0 saturated heterocycles. The number of hydrogen-bond acceptors (Lipinski definition) is 5. The van der Waals surface area contributed by atoms with Crippen molar-refractivity contribution in [3.8, 4) is 11.4 Å². The number of rotatable bonds is 6. The Morgan fingerprint density at radius 1 is 1.03 bits per heavy atom. The van der Waals surface area contributed by atoms with E-state index < -0.39 is 0 Å². The van der Waals surface area contributed by atoms with E-state index in [1.807, 2.05) is 4.90 Å². The van der Waals surface area contributed by atoms with Gasteiger partial charge in [0, 0.05) is 38.7 Å². The predicted molar refractivity (Wildman–Crippen MR) is 107 cm³/mol. The van der Waals surface area contributed by atoms with Crippen LogP contribution < -0.4 is 0 Å². The number of amides is 1. The summed E-state index contributed by atoms with van der Waals surface area (Å²) < 4.78 is 25.7. The van der Waals surface area contributed by atoms with E-state index in [0.717, 1.165) is 56.0 Å². The standard InChI is InChI=1S/C21H29FN4O3/c1-28-14-15-29-16-20(27)25-11-4-2-3-5-12-26-19(10-13-25)23-24-21(26)17-6-8-18(22)9-7-17/h6-9H,2-5,10-16H2,1H3. The van der Waals surface area contributed by atoms with Gasteiger partial charge in [0.2, 0.25) is 5.91 Å². The predicted octanol–water partition coefficient (Wildman–Crippen LogP) is 2.69. The lowest BCUT2D eigenvalue weighted by atomic mass is 10.1. The molecule has 1 amide bonds. The fourth-order valence-corrected chi connectivity index (χ4v) is 3.48. The zero-order valence-corrected chi connectivity index (χ0v) is 17.0. The van der Waals surface area contributed by atoms with Gasteiger partial charge in [-0.15, -0.1) is 10.2 Å². The number of ether oxygens (including phenoxy) is 2. The smallest absolute Gasteiger partial charge is 0.248 e. The van der Waals surface area contributed by atoms with Crippen LogP contribution in [0.5, 0.6) is 0 Å². The van der Waals surface area contributed by atoms with Gasteiger partial charge in [-0.25, -0.2) is 4.39 Å². The SMILES string of the molecule is COCCOCC(=O)N1CCCCCCn2c(nnc2-c2ccc(F)cc2)CC1. The number of fused-ring (bicyclic) bond motifs is 1. The van der Waals surface area contributed by atoms with Gasteiger partial charge in [0.05, 0.1) is 13.2 Å². The monoisotopic (exact) mass is 404 g/mol. The largest absolute Gasteiger partial charge is 0.382 e. The summed E-state index contributed by atoms with van der Waals surface area (Å²) in [5, 5.41) is 8.73. The summed E-state index contributed by atoms with van der Waals surface area (Å²) in [7, 11) is 1.61. The van der Waals surface area contributed by atoms with Gasteiger partial charge in [-0.3, -0.25) is 4.79 Å². The molecule has 0 bridgehead atoms. The van der Waals surface area contributed by atoms with E-state index >= 15 is 0 Å². The molecule has 0 unspecified atom stereocenters. The number of benzene rings is 1. The maximum Gasteiger partial charge on any atom is 0.248 e. The summed E-state index contributed by atoms with van der Waals surface area (Å²) in [6.45, 7) is 3.08. The Morgan fingerprint density at radius 2 is 1.79 bits per heavy atom. The van der Waals surface area contributed by atoms with Crippen molar-refractivity contribution in [2.75, 3.05) is 40.0 Å². The van der Waals surface area contributed by atoms with Crippen molar-refractivity contribution in [1.29, 1.82) is 0 Å². The highest BCUT2D eigenvalue weighted by molar-refractivity contribution is 5.77. The van der Waals surface area contributed by atoms with Crippen LogP contribution in [-0.2, 0) is 27.2 Å². The van der Waals surface area contributed by atoms with Gasteiger partial charge in [0.15, 0.2) is 5.82 Å². The fraction of sp³-hybridized carbons (Fsp3) is 0.571. The van der Waals surface area contributed by atoms with Crippen molar-refractivity contribution >= 4 is 5.91 Å². The van der Waals surface area contributed by atoms with Crippen molar-refractivity contribution in [2.24, 2.45) is 0 Å². The van der Waals surface area contributed by atoms with Crippen molar-refractivity contribution in [1.82, 2.24) is 19.7 Å². The Hall–Kier alpha value is -2.32. The van der Waals surface area contributed by atoms with Gasteiger partial charge < -0.3 is 18.9 Å². The van der Waals surface area contributed by atoms with E-state index in [9.17, 15) is 9.18 Å². The van der Waals surface area contributed by atoms with Crippen LogP contribution in [0.2, 0.25) is 0 Å². The highest BCUT2D eigenvalue weighted by atomic mass is 19.1. The molecule has 0 fully saturated rings. The molecule has 0 aliphatic carbocycles. The van der Waals surface area contributed by atoms with Crippen LogP contribution in [-0.4, -0.2) is 65.6 Å². The molecular weight excluding hydrogens is 375 g/mol. The first-order chi connectivity index (χ1) is 14.2. The van der Waals surface area contributed by atoms with Gasteiger partial charge in [0.25, 0.3) is 0 Å². The Morgan fingerprint density at radius 3 is 2.55 bits per heavy atom. The molecular formula is C21H29FN4O3. The molecule has 0 N–H and O–H groups in total. The maximum atomic E-state index is 13.3. The van der Waals surface area contributed by atoms with E-state index in [1.54, 1.807) is 19.2 Å². The summed E-state index contributed by atoms with van der Waals surface area (Å²) in [5.41, 5.74) is 0.847. The number of nitrogens with zero attached hydrogens (tertiary/aromatic N) is 4. The molecule has 0 atom stereocenters. The van der Waals surface area contributed by atoms with Gasteiger partial charge in [-0.05, 0) is 37.1 Å². The number of carbonyl (C=O) groups excluding carboxylic acids is 1. The van der Waals surface area contributed by atoms with Crippen LogP contribution in [0.25, 0.3) is 11.4 Å². The fourth-order valence-electron chi connectivity index (χ4n) is 3.48. The Balaban J connectivity index is 1.71. The van der Waals surface area contributed by atoms with Crippen molar-refractivity contribution in [3.05, 3.63) is 35.9 Å². The number of halogens is 1. The molecule has 2 aromatic rings. The average Bonchev–Trinajstić information content (AvgIpc) is 3.11. The average molecular weight is 404 g/mol. The van der Waals surface area contributed by atoms with E-state index in [-0.39, 0.29) is 18.3 Å². The first-order valence-electron chi connectivity index (χ1n) is 10.2. The van der Waals surface area contributed by atoms with Crippen LogP contribution in [0.15, 0.2) is 24.3 Å². The minimum atomic E-state index is -0.271. The summed E-state index contributed by atoms with van der Waals surface area (Å²) in [4.78, 5) is 14.4. The summed E-state index contributed by atoms with van der Waals surface area (Å²) >= 11 is 0. The molecule has 2 heterocycles. The van der Waals surface area contributed by atoms with Crippen LogP contribution in [0.4, 0.5) is 4.39 Å². The highest BCUT2D eigenvalue weighted by Crippen LogP contribution is 2.21. The minimum Gasteiger partial charge on any atom is -0.382 e. The van der Waals surface area contributed by atoms with E-state index in [2.05, 4.69) is 14.8 Å². The number of carbonyl (C=O) groups is 1. The molecule has 3 rings (SSSR count). The normalized spacial score (nSPS) is 15.6. The molecule has 8 heteroatoms. The van der Waals surface area contributed by atoms with E-state index in [1.165, 1.54) is 12.1 Å². The second kappa shape index (κ2) is 11.0. The lowest BCUT2D eigenvalue weighted by Gasteiger charge is -2.22. The lowest BCUT2D eigenvalue weighted by molar-refractivity contribution is -0.136. The summed E-state index contributed by atoms with van der Waals surface area (Å²) in [5.74, 6) is 1.32. The topological polar surface area (TPSA) is 69.5 Å². The number of aromatic nitrogens is 3. The number of methoxy groups -OCH3 is 1. The maximum absolute atomic E-state index is 13.3. The third kappa shape index (κ3) is 6.08. The Bertz CT molecular complexity index is 779. The zero-order chi connectivity index (χ0) is 20.5. The lowest BCUT2D eigenvalue weighted by Crippen LogP contribution is -2.37. The molecule has 158 valence electrons. The Labute approximate surface area is 170 Å². The highest BCUT2D eigenvalue weighted by Gasteiger charge is 2.19. The molecule has 0 radical (unpaired) electrons. The molecule has 0 spiro atoms. The van der Waals surface area contributed by atoms with E-state index in [0.29, 0.717) is 26.2 Å². The molecule has 1 aromatic carbocycles. The number of hydrogen-bond donors (Lipinski definition) is 0. The molecule has 0 saturated carbocycles. The van der Waals surface area contributed by atoms with Gasteiger partial charge in [-0.1, -0.05) is 12.8 Å². The second-order valence-electron chi connectivity index (χ2n) is 7.19. The van der Waals surface area contributed by atoms with Gasteiger partial charge in [-0.2, -0.15) is 0 Å². The van der Waals surface area contributed by atoms with Crippen LogP contribution in [0, 0.1) is 5.82 Å². The van der Waals surface area contributed by atoms with Crippen molar-refractivity contribution in [3.63, 3.8) is 0 Å². The summed E-state index contributed by atoms with van der Waals surface area (Å²) in [6.07, 6.45) is 4.77. The quantitative estimate of drug-likeness (QED) is 0.693. The summed E-state index contributed by atoms with van der Waals surface area (Å²) in [6, 6.07) is 6.33. The zero-order valence-electron chi connectivity index (χ0n) is 17.0. The van der Waals surface area contributed by atoms with Crippen LogP contribution in [0.1, 0.15) is 31.5 Å². The van der Waals surface area contributed by atoms with Crippen LogP contribution >= 0.6 is 0 Å². The molecule has 1 aliphatic rings. The first kappa shape index (κ1) is 21.4. The third-order valence-electron chi connectivity index (χ3n) is 5.10. The third-order valence-corrected chi connectivity index (χ3v) is 5.10.